The average Bonchev–Trinajstić information content (AvgIpc) is 3.41. The molecule has 3 atom stereocenters. The summed E-state index contributed by atoms with van der Waals surface area (Å²) in [5.74, 6) is 0.362. The van der Waals surface area contributed by atoms with E-state index in [0.717, 1.165) is 43.1 Å². The zero-order valence-corrected chi connectivity index (χ0v) is 23.5. The maximum absolute atomic E-state index is 14.1. The van der Waals surface area contributed by atoms with Crippen LogP contribution in [-0.2, 0) is 18.0 Å². The zero-order chi connectivity index (χ0) is 28.4. The highest BCUT2D eigenvalue weighted by molar-refractivity contribution is 6.30. The Bertz CT molecular complexity index is 1420. The molecule has 3 aromatic rings. The predicted octanol–water partition coefficient (Wildman–Crippen LogP) is 5.76. The van der Waals surface area contributed by atoms with Crippen molar-refractivity contribution in [1.29, 1.82) is 0 Å². The van der Waals surface area contributed by atoms with E-state index in [1.165, 1.54) is 10.9 Å². The van der Waals surface area contributed by atoms with E-state index < -0.39 is 23.4 Å². The molecule has 2 fully saturated rings. The van der Waals surface area contributed by atoms with Gasteiger partial charge in [0.25, 0.3) is 0 Å². The number of likely N-dealkylation sites (tertiary alicyclic amines) is 1. The van der Waals surface area contributed by atoms with Crippen LogP contribution in [0.2, 0.25) is 5.02 Å². The number of aliphatic hydroxyl groups excluding tert-OH is 1. The number of ether oxygens (including phenoxy) is 1. The van der Waals surface area contributed by atoms with E-state index in [1.54, 1.807) is 13.0 Å². The van der Waals surface area contributed by atoms with Crippen molar-refractivity contribution in [2.75, 3.05) is 26.2 Å². The third-order valence-corrected chi connectivity index (χ3v) is 9.73. The van der Waals surface area contributed by atoms with Crippen LogP contribution in [0.25, 0.3) is 11.0 Å². The fourth-order valence-corrected chi connectivity index (χ4v) is 7.67. The van der Waals surface area contributed by atoms with Gasteiger partial charge in [-0.25, -0.2) is 4.98 Å². The Labute approximate surface area is 236 Å². The summed E-state index contributed by atoms with van der Waals surface area (Å²) in [4.78, 5) is 6.53. The molecule has 3 aliphatic rings. The molecule has 10 heteroatoms. The van der Waals surface area contributed by atoms with Gasteiger partial charge in [0.15, 0.2) is 0 Å². The summed E-state index contributed by atoms with van der Waals surface area (Å²) in [5.41, 5.74) is 0.618. The van der Waals surface area contributed by atoms with Crippen LogP contribution in [0.15, 0.2) is 36.7 Å². The first-order valence-corrected chi connectivity index (χ1v) is 14.4. The molecular formula is C30H35ClF3N3O3. The van der Waals surface area contributed by atoms with E-state index in [1.807, 2.05) is 18.2 Å². The van der Waals surface area contributed by atoms with Crippen molar-refractivity contribution >= 4 is 22.6 Å². The number of imidazole rings is 1. The Hall–Kier alpha value is -2.33. The third kappa shape index (κ3) is 4.68. The van der Waals surface area contributed by atoms with Crippen LogP contribution >= 0.6 is 11.6 Å². The van der Waals surface area contributed by atoms with Crippen molar-refractivity contribution in [2.45, 2.75) is 75.3 Å². The lowest BCUT2D eigenvalue weighted by molar-refractivity contribution is -0.136. The molecule has 40 heavy (non-hydrogen) atoms. The highest BCUT2D eigenvalue weighted by Crippen LogP contribution is 2.51. The quantitative estimate of drug-likeness (QED) is 0.390. The highest BCUT2D eigenvalue weighted by Gasteiger charge is 2.52. The molecule has 1 saturated carbocycles. The van der Waals surface area contributed by atoms with E-state index in [9.17, 15) is 23.4 Å². The molecule has 0 bridgehead atoms. The van der Waals surface area contributed by atoms with Crippen molar-refractivity contribution in [3.05, 3.63) is 58.4 Å². The second-order valence-electron chi connectivity index (χ2n) is 12.1. The first kappa shape index (κ1) is 27.8. The molecule has 2 aromatic carbocycles. The zero-order valence-electron chi connectivity index (χ0n) is 22.7. The Morgan fingerprint density at radius 3 is 2.67 bits per heavy atom. The van der Waals surface area contributed by atoms with Crippen LogP contribution in [0, 0.1) is 5.92 Å². The van der Waals surface area contributed by atoms with Crippen LogP contribution in [0.3, 0.4) is 0 Å². The number of benzene rings is 2. The van der Waals surface area contributed by atoms with Gasteiger partial charge in [0, 0.05) is 35.6 Å². The smallest absolute Gasteiger partial charge is 0.418 e. The molecule has 6 rings (SSSR count). The minimum absolute atomic E-state index is 0.0305. The molecular weight excluding hydrogens is 543 g/mol. The highest BCUT2D eigenvalue weighted by atomic mass is 35.5. The van der Waals surface area contributed by atoms with Gasteiger partial charge in [-0.05, 0) is 74.4 Å². The fraction of sp³-hybridized carbons (Fsp3) is 0.567. The third-order valence-electron chi connectivity index (χ3n) is 9.49. The summed E-state index contributed by atoms with van der Waals surface area (Å²) >= 11 is 6.34. The van der Waals surface area contributed by atoms with Gasteiger partial charge in [-0.3, -0.25) is 4.90 Å². The second-order valence-corrected chi connectivity index (χ2v) is 12.5. The Balaban J connectivity index is 1.16. The molecule has 2 aliphatic carbocycles. The monoisotopic (exact) mass is 577 g/mol. The van der Waals surface area contributed by atoms with E-state index in [2.05, 4.69) is 16.8 Å². The van der Waals surface area contributed by atoms with Gasteiger partial charge < -0.3 is 19.5 Å². The van der Waals surface area contributed by atoms with Crippen LogP contribution < -0.4 is 4.74 Å². The first-order chi connectivity index (χ1) is 18.9. The number of rotatable bonds is 6. The lowest BCUT2D eigenvalue weighted by atomic mass is 9.64. The van der Waals surface area contributed by atoms with Crippen LogP contribution in [0.1, 0.15) is 62.3 Å². The van der Waals surface area contributed by atoms with Gasteiger partial charge >= 0.3 is 6.18 Å². The number of hydrogen-bond donors (Lipinski definition) is 2. The molecule has 1 saturated heterocycles. The summed E-state index contributed by atoms with van der Waals surface area (Å²) in [6.07, 6.45) is -0.506. The van der Waals surface area contributed by atoms with E-state index in [-0.39, 0.29) is 40.8 Å². The maximum atomic E-state index is 14.1. The van der Waals surface area contributed by atoms with E-state index in [0.29, 0.717) is 30.8 Å². The topological polar surface area (TPSA) is 70.8 Å². The van der Waals surface area contributed by atoms with Gasteiger partial charge in [-0.2, -0.15) is 13.2 Å². The molecule has 2 N–H and O–H groups in total. The number of alkyl halides is 3. The van der Waals surface area contributed by atoms with Crippen LogP contribution in [0.4, 0.5) is 13.2 Å². The van der Waals surface area contributed by atoms with Gasteiger partial charge in [0.1, 0.15) is 12.4 Å². The van der Waals surface area contributed by atoms with Crippen LogP contribution in [-0.4, -0.2) is 62.6 Å². The second kappa shape index (κ2) is 9.89. The van der Waals surface area contributed by atoms with Crippen LogP contribution in [0.5, 0.6) is 5.75 Å². The van der Waals surface area contributed by atoms with Gasteiger partial charge in [-0.1, -0.05) is 31.0 Å². The Morgan fingerprint density at radius 2 is 1.98 bits per heavy atom. The Kier molecular flexibility index (Phi) is 6.88. The Morgan fingerprint density at radius 1 is 1.20 bits per heavy atom. The fourth-order valence-electron chi connectivity index (χ4n) is 7.50. The minimum atomic E-state index is -4.57. The number of hydrogen-bond acceptors (Lipinski definition) is 5. The largest absolute Gasteiger partial charge is 0.492 e. The molecule has 6 nitrogen and oxygen atoms in total. The summed E-state index contributed by atoms with van der Waals surface area (Å²) in [6, 6.07) is 8.32. The van der Waals surface area contributed by atoms with Crippen molar-refractivity contribution in [2.24, 2.45) is 5.92 Å². The number of aromatic nitrogens is 2. The normalized spacial score (nSPS) is 30.6. The lowest BCUT2D eigenvalue weighted by Gasteiger charge is -2.48. The van der Waals surface area contributed by atoms with E-state index in [4.69, 9.17) is 16.3 Å². The lowest BCUT2D eigenvalue weighted by Crippen LogP contribution is -2.54. The average molecular weight is 578 g/mol. The van der Waals surface area contributed by atoms with Crippen molar-refractivity contribution in [3.8, 4) is 5.75 Å². The summed E-state index contributed by atoms with van der Waals surface area (Å²) in [7, 11) is 0. The molecule has 2 heterocycles. The molecule has 0 radical (unpaired) electrons. The summed E-state index contributed by atoms with van der Waals surface area (Å²) < 4.78 is 49.8. The van der Waals surface area contributed by atoms with Gasteiger partial charge in [0.05, 0.1) is 34.6 Å². The minimum Gasteiger partial charge on any atom is -0.492 e. The number of aliphatic hydroxyl groups is 2. The molecule has 1 spiro atoms. The molecule has 1 aliphatic heterocycles. The maximum Gasteiger partial charge on any atom is 0.418 e. The predicted molar refractivity (Wildman–Crippen MR) is 147 cm³/mol. The van der Waals surface area contributed by atoms with Crippen molar-refractivity contribution in [3.63, 3.8) is 0 Å². The number of halogens is 4. The number of nitrogens with zero attached hydrogens (tertiary/aromatic N) is 3. The van der Waals surface area contributed by atoms with Crippen molar-refractivity contribution in [1.82, 2.24) is 14.5 Å². The van der Waals surface area contributed by atoms with E-state index >= 15 is 0 Å². The first-order valence-electron chi connectivity index (χ1n) is 14.0. The molecule has 1 aromatic heterocycles. The number of piperidine rings is 1. The molecule has 0 amide bonds. The SMILES string of the molecule is CCC1CN(CCOc2cc(C(F)(F)F)c3c(c2)ncn3C2CC(C)(O)C2)CCC12c1cc(Cl)ccc1CC2O. The molecule has 216 valence electrons. The summed E-state index contributed by atoms with van der Waals surface area (Å²) in [6.45, 7) is 6.16. The number of fused-ring (bicyclic) bond motifs is 3. The van der Waals surface area contributed by atoms with Gasteiger partial charge in [-0.15, -0.1) is 0 Å². The molecule has 3 unspecified atom stereocenters. The van der Waals surface area contributed by atoms with Gasteiger partial charge in [0.2, 0.25) is 0 Å². The summed E-state index contributed by atoms with van der Waals surface area (Å²) in [5, 5.41) is 22.0. The van der Waals surface area contributed by atoms with Crippen molar-refractivity contribution < 1.29 is 28.1 Å². The standard InChI is InChI=1S/C30H35ClF3N3O3/c1-3-19-16-36(7-6-29(19)23-11-20(31)5-4-18(23)10-26(29)38)8-9-40-22-12-24(30(32,33)34)27-25(13-22)35-17-37(27)21-14-28(2,39)15-21/h4-5,11-13,17,19,21,26,38-39H,3,6-10,14-16H2,1-2H3.